The van der Waals surface area contributed by atoms with Crippen molar-refractivity contribution in [3.05, 3.63) is 29.3 Å². The minimum Gasteiger partial charge on any atom is -0.508 e. The molecule has 0 bridgehead atoms. The van der Waals surface area contributed by atoms with Gasteiger partial charge in [-0.1, -0.05) is 6.07 Å². The first kappa shape index (κ1) is 9.54. The first-order valence-corrected chi connectivity index (χ1v) is 3.85. The highest BCUT2D eigenvalue weighted by atomic mass is 16.4. The lowest BCUT2D eigenvalue weighted by atomic mass is 10.1. The lowest BCUT2D eigenvalue weighted by molar-refractivity contribution is 0.0696. The van der Waals surface area contributed by atoms with Gasteiger partial charge in [0.25, 0.3) is 0 Å². The zero-order valence-corrected chi connectivity index (χ0v) is 7.24. The van der Waals surface area contributed by atoms with Gasteiger partial charge in [0.15, 0.2) is 0 Å². The van der Waals surface area contributed by atoms with Crippen molar-refractivity contribution in [1.29, 1.82) is 0 Å². The third kappa shape index (κ3) is 2.19. The van der Waals surface area contributed by atoms with Gasteiger partial charge in [0.05, 0.1) is 5.56 Å². The Morgan fingerprint density at radius 3 is 2.69 bits per heavy atom. The van der Waals surface area contributed by atoms with E-state index in [9.17, 15) is 9.90 Å². The van der Waals surface area contributed by atoms with Crippen LogP contribution in [0.5, 0.6) is 5.75 Å². The fraction of sp³-hybridized carbons (Fsp3) is 0.222. The lowest BCUT2D eigenvalue weighted by Gasteiger charge is -2.03. The molecule has 0 radical (unpaired) electrons. The van der Waals surface area contributed by atoms with Gasteiger partial charge in [0, 0.05) is 12.1 Å². The second-order valence-electron chi connectivity index (χ2n) is 2.68. The maximum atomic E-state index is 10.5. The Hall–Kier alpha value is -1.55. The van der Waals surface area contributed by atoms with Crippen LogP contribution in [0.4, 0.5) is 0 Å². The quantitative estimate of drug-likeness (QED) is 0.645. The summed E-state index contributed by atoms with van der Waals surface area (Å²) >= 11 is 0. The van der Waals surface area contributed by atoms with Gasteiger partial charge in [-0.25, -0.2) is 4.79 Å². The third-order valence-electron chi connectivity index (χ3n) is 1.70. The molecule has 0 amide bonds. The van der Waals surface area contributed by atoms with Gasteiger partial charge >= 0.3 is 5.97 Å². The van der Waals surface area contributed by atoms with Gasteiger partial charge in [0.2, 0.25) is 0 Å². The van der Waals surface area contributed by atoms with Crippen molar-refractivity contribution in [3.8, 4) is 5.75 Å². The van der Waals surface area contributed by atoms with E-state index in [1.165, 1.54) is 12.1 Å². The Balaban J connectivity index is 2.98. The fourth-order valence-corrected chi connectivity index (χ4v) is 1.04. The molecule has 0 saturated heterocycles. The van der Waals surface area contributed by atoms with Gasteiger partial charge in [-0.15, -0.1) is 0 Å². The van der Waals surface area contributed by atoms with E-state index in [0.717, 1.165) is 0 Å². The van der Waals surface area contributed by atoms with Crippen LogP contribution in [0.1, 0.15) is 15.9 Å². The van der Waals surface area contributed by atoms with E-state index in [-0.39, 0.29) is 11.3 Å². The number of carboxylic acids is 1. The molecule has 13 heavy (non-hydrogen) atoms. The summed E-state index contributed by atoms with van der Waals surface area (Å²) < 4.78 is 0. The minimum atomic E-state index is -1.04. The Bertz CT molecular complexity index is 323. The van der Waals surface area contributed by atoms with Crippen LogP contribution in [-0.2, 0) is 6.54 Å². The van der Waals surface area contributed by atoms with E-state index >= 15 is 0 Å². The van der Waals surface area contributed by atoms with Gasteiger partial charge in [0.1, 0.15) is 5.75 Å². The van der Waals surface area contributed by atoms with Gasteiger partial charge < -0.3 is 15.5 Å². The molecule has 0 heterocycles. The largest absolute Gasteiger partial charge is 0.508 e. The summed E-state index contributed by atoms with van der Waals surface area (Å²) in [6.45, 7) is 0.520. The van der Waals surface area contributed by atoms with Crippen LogP contribution in [0.2, 0.25) is 0 Å². The maximum Gasteiger partial charge on any atom is 0.335 e. The van der Waals surface area contributed by atoms with Crippen LogP contribution < -0.4 is 5.32 Å². The minimum absolute atomic E-state index is 0.00856. The summed E-state index contributed by atoms with van der Waals surface area (Å²) in [4.78, 5) is 10.5. The molecule has 1 aromatic rings. The molecule has 0 fully saturated rings. The number of nitrogens with one attached hydrogen (secondary N) is 1. The van der Waals surface area contributed by atoms with Crippen LogP contribution in [0.3, 0.4) is 0 Å². The molecule has 4 nitrogen and oxygen atoms in total. The van der Waals surface area contributed by atoms with Crippen LogP contribution in [0.25, 0.3) is 0 Å². The van der Waals surface area contributed by atoms with E-state index in [4.69, 9.17) is 5.11 Å². The van der Waals surface area contributed by atoms with Crippen LogP contribution in [0, 0.1) is 0 Å². The number of aromatic hydroxyl groups is 1. The second-order valence-corrected chi connectivity index (χ2v) is 2.68. The van der Waals surface area contributed by atoms with Crippen LogP contribution in [-0.4, -0.2) is 23.2 Å². The first-order valence-electron chi connectivity index (χ1n) is 3.85. The molecule has 0 spiro atoms. The maximum absolute atomic E-state index is 10.5. The molecule has 1 aromatic carbocycles. The number of aromatic carboxylic acids is 1. The molecule has 4 heteroatoms. The highest BCUT2D eigenvalue weighted by Gasteiger charge is 2.06. The number of carboxylic acid groups (broad SMARTS) is 1. The van der Waals surface area contributed by atoms with E-state index in [1.54, 1.807) is 13.1 Å². The molecule has 0 aliphatic rings. The van der Waals surface area contributed by atoms with Crippen molar-refractivity contribution in [3.63, 3.8) is 0 Å². The molecule has 0 saturated carbocycles. The number of benzene rings is 1. The van der Waals surface area contributed by atoms with E-state index in [0.29, 0.717) is 12.1 Å². The third-order valence-corrected chi connectivity index (χ3v) is 1.70. The summed E-state index contributed by atoms with van der Waals surface area (Å²) in [6, 6.07) is 4.30. The molecule has 0 atom stereocenters. The summed E-state index contributed by atoms with van der Waals surface area (Å²) in [6.07, 6.45) is 0. The molecular weight excluding hydrogens is 170 g/mol. The molecule has 0 unspecified atom stereocenters. The zero-order valence-electron chi connectivity index (χ0n) is 7.24. The predicted octanol–water partition coefficient (Wildman–Crippen LogP) is 0.810. The average molecular weight is 181 g/mol. The first-order chi connectivity index (χ1) is 6.15. The summed E-state index contributed by atoms with van der Waals surface area (Å²) in [7, 11) is 1.75. The van der Waals surface area contributed by atoms with E-state index in [2.05, 4.69) is 5.32 Å². The molecule has 3 N–H and O–H groups in total. The molecule has 0 aliphatic carbocycles. The van der Waals surface area contributed by atoms with Crippen molar-refractivity contribution >= 4 is 5.97 Å². The predicted molar refractivity (Wildman–Crippen MR) is 47.8 cm³/mol. The van der Waals surface area contributed by atoms with Crippen molar-refractivity contribution in [2.45, 2.75) is 6.54 Å². The Labute approximate surface area is 75.8 Å². The molecule has 70 valence electrons. The van der Waals surface area contributed by atoms with Crippen molar-refractivity contribution in [1.82, 2.24) is 5.32 Å². The Morgan fingerprint density at radius 2 is 2.23 bits per heavy atom. The topological polar surface area (TPSA) is 69.6 Å². The number of hydrogen-bond donors (Lipinski definition) is 3. The van der Waals surface area contributed by atoms with Gasteiger partial charge in [-0.2, -0.15) is 0 Å². The lowest BCUT2D eigenvalue weighted by Crippen LogP contribution is -2.06. The van der Waals surface area contributed by atoms with E-state index < -0.39 is 5.97 Å². The zero-order chi connectivity index (χ0) is 9.84. The smallest absolute Gasteiger partial charge is 0.335 e. The molecule has 0 aliphatic heterocycles. The average Bonchev–Trinajstić information content (AvgIpc) is 2.08. The van der Waals surface area contributed by atoms with Crippen LogP contribution >= 0.6 is 0 Å². The molecular formula is C9H11NO3. The monoisotopic (exact) mass is 181 g/mol. The number of carbonyl (C=O) groups is 1. The number of hydrogen-bond acceptors (Lipinski definition) is 3. The SMILES string of the molecule is CNCc1ccc(C(=O)O)cc1O. The normalized spacial score (nSPS) is 9.92. The summed E-state index contributed by atoms with van der Waals surface area (Å²) in [5, 5.41) is 20.8. The molecule has 0 aromatic heterocycles. The summed E-state index contributed by atoms with van der Waals surface area (Å²) in [5.41, 5.74) is 0.782. The highest BCUT2D eigenvalue weighted by Crippen LogP contribution is 2.18. The Morgan fingerprint density at radius 1 is 1.54 bits per heavy atom. The summed E-state index contributed by atoms with van der Waals surface area (Å²) in [5.74, 6) is -1.03. The number of phenolic OH excluding ortho intramolecular Hbond substituents is 1. The van der Waals surface area contributed by atoms with Crippen molar-refractivity contribution in [2.75, 3.05) is 7.05 Å². The second kappa shape index (κ2) is 3.91. The highest BCUT2D eigenvalue weighted by molar-refractivity contribution is 5.88. The molecule has 1 rings (SSSR count). The van der Waals surface area contributed by atoms with Crippen molar-refractivity contribution < 1.29 is 15.0 Å². The number of phenols is 1. The van der Waals surface area contributed by atoms with E-state index in [1.807, 2.05) is 0 Å². The fourth-order valence-electron chi connectivity index (χ4n) is 1.04. The number of rotatable bonds is 3. The van der Waals surface area contributed by atoms with Gasteiger partial charge in [-0.05, 0) is 19.2 Å². The standard InChI is InChI=1S/C9H11NO3/c1-10-5-7-3-2-6(9(12)13)4-8(7)11/h2-4,10-11H,5H2,1H3,(H,12,13). The van der Waals surface area contributed by atoms with Crippen LogP contribution in [0.15, 0.2) is 18.2 Å². The Kier molecular flexibility index (Phi) is 2.87. The van der Waals surface area contributed by atoms with Gasteiger partial charge in [-0.3, -0.25) is 0 Å². The van der Waals surface area contributed by atoms with Crippen molar-refractivity contribution in [2.24, 2.45) is 0 Å².